The summed E-state index contributed by atoms with van der Waals surface area (Å²) in [5.74, 6) is 0.848. The molecule has 0 amide bonds. The normalized spacial score (nSPS) is 11.3. The van der Waals surface area contributed by atoms with Gasteiger partial charge in [0.25, 0.3) is 0 Å². The predicted octanol–water partition coefficient (Wildman–Crippen LogP) is 2.81. The van der Waals surface area contributed by atoms with Gasteiger partial charge in [0.05, 0.1) is 17.6 Å². The standard InChI is InChI=1S/C13H12ClN3OS/c1-8-7-19-13(18)17(8)6-12-15-10-5-9(14)3-4-11(10)16(12)2/h3-5,7H,6H2,1-2H3. The van der Waals surface area contributed by atoms with Crippen molar-refractivity contribution in [2.24, 2.45) is 7.05 Å². The van der Waals surface area contributed by atoms with Crippen LogP contribution in [0.1, 0.15) is 11.5 Å². The van der Waals surface area contributed by atoms with Crippen LogP contribution in [-0.4, -0.2) is 14.1 Å². The van der Waals surface area contributed by atoms with E-state index in [-0.39, 0.29) is 4.87 Å². The van der Waals surface area contributed by atoms with Crippen LogP contribution in [0.2, 0.25) is 5.02 Å². The summed E-state index contributed by atoms with van der Waals surface area (Å²) < 4.78 is 3.72. The van der Waals surface area contributed by atoms with E-state index in [4.69, 9.17) is 11.6 Å². The zero-order valence-corrected chi connectivity index (χ0v) is 12.1. The fraction of sp³-hybridized carbons (Fsp3) is 0.231. The molecule has 0 atom stereocenters. The maximum absolute atomic E-state index is 11.7. The van der Waals surface area contributed by atoms with Crippen molar-refractivity contribution >= 4 is 34.0 Å². The van der Waals surface area contributed by atoms with Gasteiger partial charge in [-0.3, -0.25) is 9.36 Å². The minimum Gasteiger partial charge on any atom is -0.330 e. The van der Waals surface area contributed by atoms with E-state index >= 15 is 0 Å². The van der Waals surface area contributed by atoms with Crippen molar-refractivity contribution in [3.05, 3.63) is 49.8 Å². The summed E-state index contributed by atoms with van der Waals surface area (Å²) in [7, 11) is 1.95. The molecule has 0 N–H and O–H groups in total. The van der Waals surface area contributed by atoms with E-state index in [1.165, 1.54) is 11.3 Å². The summed E-state index contributed by atoms with van der Waals surface area (Å²) >= 11 is 7.19. The van der Waals surface area contributed by atoms with Crippen LogP contribution >= 0.6 is 22.9 Å². The van der Waals surface area contributed by atoms with Crippen LogP contribution < -0.4 is 4.87 Å². The highest BCUT2D eigenvalue weighted by molar-refractivity contribution is 7.07. The lowest BCUT2D eigenvalue weighted by Crippen LogP contribution is -2.17. The first-order valence-corrected chi connectivity index (χ1v) is 7.08. The van der Waals surface area contributed by atoms with E-state index in [0.29, 0.717) is 11.6 Å². The van der Waals surface area contributed by atoms with Gasteiger partial charge in [-0.15, -0.1) is 0 Å². The van der Waals surface area contributed by atoms with Crippen molar-refractivity contribution in [3.8, 4) is 0 Å². The molecule has 0 bridgehead atoms. The van der Waals surface area contributed by atoms with Crippen LogP contribution in [0.4, 0.5) is 0 Å². The average Bonchev–Trinajstić information content (AvgIpc) is 2.84. The Kier molecular flexibility index (Phi) is 2.95. The molecule has 0 saturated heterocycles. The number of rotatable bonds is 2. The van der Waals surface area contributed by atoms with Crippen molar-refractivity contribution in [1.82, 2.24) is 14.1 Å². The average molecular weight is 294 g/mol. The third-order valence-electron chi connectivity index (χ3n) is 3.21. The van der Waals surface area contributed by atoms with E-state index in [1.807, 2.05) is 42.1 Å². The fourth-order valence-electron chi connectivity index (χ4n) is 2.10. The highest BCUT2D eigenvalue weighted by Crippen LogP contribution is 2.20. The Morgan fingerprint density at radius 3 is 2.89 bits per heavy atom. The van der Waals surface area contributed by atoms with E-state index in [2.05, 4.69) is 4.98 Å². The number of hydrogen-bond donors (Lipinski definition) is 0. The van der Waals surface area contributed by atoms with Crippen LogP contribution in [-0.2, 0) is 13.6 Å². The van der Waals surface area contributed by atoms with Crippen LogP contribution in [0, 0.1) is 6.92 Å². The number of fused-ring (bicyclic) bond motifs is 1. The summed E-state index contributed by atoms with van der Waals surface area (Å²) in [6.07, 6.45) is 0. The van der Waals surface area contributed by atoms with Gasteiger partial charge in [0.15, 0.2) is 0 Å². The molecule has 2 aromatic heterocycles. The zero-order chi connectivity index (χ0) is 13.6. The smallest absolute Gasteiger partial charge is 0.307 e. The largest absolute Gasteiger partial charge is 0.330 e. The Hall–Kier alpha value is -1.59. The molecule has 0 aliphatic heterocycles. The monoisotopic (exact) mass is 293 g/mol. The first-order valence-electron chi connectivity index (χ1n) is 5.82. The van der Waals surface area contributed by atoms with E-state index < -0.39 is 0 Å². The second-order valence-corrected chi connectivity index (χ2v) is 5.71. The molecule has 0 fully saturated rings. The first kappa shape index (κ1) is 12.4. The third-order valence-corrected chi connectivity index (χ3v) is 4.33. The lowest BCUT2D eigenvalue weighted by atomic mass is 10.3. The number of hydrogen-bond acceptors (Lipinski definition) is 3. The number of halogens is 1. The molecule has 2 heterocycles. The second-order valence-electron chi connectivity index (χ2n) is 4.45. The molecule has 19 heavy (non-hydrogen) atoms. The minimum atomic E-state index is 0.0441. The second kappa shape index (κ2) is 4.51. The number of nitrogens with zero attached hydrogens (tertiary/aromatic N) is 3. The van der Waals surface area contributed by atoms with Gasteiger partial charge in [0.1, 0.15) is 5.82 Å². The SMILES string of the molecule is Cc1csc(=O)n1Cc1nc2cc(Cl)ccc2n1C. The zero-order valence-electron chi connectivity index (χ0n) is 10.6. The predicted molar refractivity (Wildman–Crippen MR) is 78.1 cm³/mol. The summed E-state index contributed by atoms with van der Waals surface area (Å²) in [6.45, 7) is 2.41. The Balaban J connectivity index is 2.11. The molecular formula is C13H12ClN3OS. The minimum absolute atomic E-state index is 0.0441. The van der Waals surface area contributed by atoms with Gasteiger partial charge in [0, 0.05) is 23.1 Å². The molecule has 98 valence electrons. The van der Waals surface area contributed by atoms with Crippen molar-refractivity contribution in [2.75, 3.05) is 0 Å². The third kappa shape index (κ3) is 2.09. The molecule has 0 radical (unpaired) electrons. The molecule has 0 aliphatic carbocycles. The Morgan fingerprint density at radius 1 is 1.42 bits per heavy atom. The van der Waals surface area contributed by atoms with Crippen LogP contribution in [0.25, 0.3) is 11.0 Å². The topological polar surface area (TPSA) is 39.8 Å². The van der Waals surface area contributed by atoms with Gasteiger partial charge in [0.2, 0.25) is 0 Å². The highest BCUT2D eigenvalue weighted by Gasteiger charge is 2.11. The maximum Gasteiger partial charge on any atom is 0.307 e. The van der Waals surface area contributed by atoms with Gasteiger partial charge in [-0.05, 0) is 25.1 Å². The quantitative estimate of drug-likeness (QED) is 0.729. The lowest BCUT2D eigenvalue weighted by Gasteiger charge is -2.04. The number of aryl methyl sites for hydroxylation is 2. The summed E-state index contributed by atoms with van der Waals surface area (Å²) in [4.78, 5) is 16.3. The van der Waals surface area contributed by atoms with Crippen molar-refractivity contribution in [2.45, 2.75) is 13.5 Å². The molecule has 3 aromatic rings. The van der Waals surface area contributed by atoms with Gasteiger partial charge in [-0.1, -0.05) is 22.9 Å². The van der Waals surface area contributed by atoms with E-state index in [1.54, 1.807) is 4.57 Å². The number of thiazole rings is 1. The van der Waals surface area contributed by atoms with Crippen molar-refractivity contribution < 1.29 is 0 Å². The van der Waals surface area contributed by atoms with E-state index in [9.17, 15) is 4.79 Å². The summed E-state index contributed by atoms with van der Waals surface area (Å²) in [5, 5.41) is 2.53. The molecule has 0 aliphatic rings. The van der Waals surface area contributed by atoms with Crippen molar-refractivity contribution in [3.63, 3.8) is 0 Å². The number of benzene rings is 1. The van der Waals surface area contributed by atoms with Crippen LogP contribution in [0.3, 0.4) is 0 Å². The Bertz CT molecular complexity index is 815. The molecule has 1 aromatic carbocycles. The van der Waals surface area contributed by atoms with Gasteiger partial charge < -0.3 is 4.57 Å². The summed E-state index contributed by atoms with van der Waals surface area (Å²) in [6, 6.07) is 5.62. The van der Waals surface area contributed by atoms with E-state index in [0.717, 1.165) is 22.6 Å². The molecule has 4 nitrogen and oxygen atoms in total. The Morgan fingerprint density at radius 2 is 2.21 bits per heavy atom. The highest BCUT2D eigenvalue weighted by atomic mass is 35.5. The molecule has 0 unspecified atom stereocenters. The van der Waals surface area contributed by atoms with Gasteiger partial charge >= 0.3 is 4.87 Å². The molecule has 0 spiro atoms. The molecule has 3 rings (SSSR count). The fourth-order valence-corrected chi connectivity index (χ4v) is 3.00. The van der Waals surface area contributed by atoms with Gasteiger partial charge in [-0.2, -0.15) is 0 Å². The number of aromatic nitrogens is 3. The molecule has 6 heteroatoms. The van der Waals surface area contributed by atoms with Crippen molar-refractivity contribution in [1.29, 1.82) is 0 Å². The Labute approximate surface area is 118 Å². The van der Waals surface area contributed by atoms with Gasteiger partial charge in [-0.25, -0.2) is 4.98 Å². The molecule has 0 saturated carbocycles. The van der Waals surface area contributed by atoms with Crippen LogP contribution in [0.15, 0.2) is 28.4 Å². The maximum atomic E-state index is 11.7. The summed E-state index contributed by atoms with van der Waals surface area (Å²) in [5.41, 5.74) is 2.83. The number of imidazole rings is 1. The lowest BCUT2D eigenvalue weighted by molar-refractivity contribution is 0.683. The van der Waals surface area contributed by atoms with Crippen LogP contribution in [0.5, 0.6) is 0 Å². The molecular weight excluding hydrogens is 282 g/mol. The first-order chi connectivity index (χ1) is 9.06.